The van der Waals surface area contributed by atoms with E-state index in [1.54, 1.807) is 0 Å². The van der Waals surface area contributed by atoms with Crippen molar-refractivity contribution >= 4 is 11.8 Å². The van der Waals surface area contributed by atoms with Gasteiger partial charge in [-0.1, -0.05) is 18.2 Å². The predicted molar refractivity (Wildman–Crippen MR) is 93.6 cm³/mol. The fourth-order valence-corrected chi connectivity index (χ4v) is 3.61. The summed E-state index contributed by atoms with van der Waals surface area (Å²) in [6.45, 7) is 6.19. The molecule has 5 nitrogen and oxygen atoms in total. The summed E-state index contributed by atoms with van der Waals surface area (Å²) in [6, 6.07) is 6.74. The Morgan fingerprint density at radius 1 is 1.21 bits per heavy atom. The molecule has 1 saturated heterocycles. The molecular formula is C19H27N3O2. The van der Waals surface area contributed by atoms with Crippen LogP contribution in [0.2, 0.25) is 0 Å². The third-order valence-electron chi connectivity index (χ3n) is 5.40. The molecule has 1 aliphatic carbocycles. The minimum atomic E-state index is -0.285. The largest absolute Gasteiger partial charge is 0.369 e. The van der Waals surface area contributed by atoms with Gasteiger partial charge in [0.05, 0.1) is 6.54 Å². The number of nitrogens with zero attached hydrogens (tertiary/aromatic N) is 1. The quantitative estimate of drug-likeness (QED) is 0.859. The molecule has 1 saturated carbocycles. The number of likely N-dealkylation sites (tertiary alicyclic amines) is 1. The number of nitrogens with two attached hydrogens (primary N) is 1. The maximum atomic E-state index is 12.5. The van der Waals surface area contributed by atoms with Gasteiger partial charge in [0.2, 0.25) is 11.8 Å². The number of amides is 2. The number of aryl methyl sites for hydroxylation is 2. The molecule has 2 amide bonds. The summed E-state index contributed by atoms with van der Waals surface area (Å²) >= 11 is 0. The third-order valence-corrected chi connectivity index (χ3v) is 5.40. The van der Waals surface area contributed by atoms with Crippen molar-refractivity contribution in [1.82, 2.24) is 10.2 Å². The molecule has 24 heavy (non-hydrogen) atoms. The predicted octanol–water partition coefficient (Wildman–Crippen LogP) is 1.47. The van der Waals surface area contributed by atoms with Crippen molar-refractivity contribution in [2.45, 2.75) is 45.1 Å². The highest BCUT2D eigenvalue weighted by Gasteiger charge is 2.44. The summed E-state index contributed by atoms with van der Waals surface area (Å²) in [7, 11) is 0. The molecule has 0 aromatic heterocycles. The first-order valence-corrected chi connectivity index (χ1v) is 8.82. The molecule has 0 radical (unpaired) electrons. The van der Waals surface area contributed by atoms with Crippen molar-refractivity contribution < 1.29 is 9.59 Å². The molecule has 2 fully saturated rings. The van der Waals surface area contributed by atoms with Gasteiger partial charge in [0.25, 0.3) is 0 Å². The number of carbonyl (C=O) groups is 2. The zero-order valence-electron chi connectivity index (χ0n) is 14.5. The van der Waals surface area contributed by atoms with Crippen molar-refractivity contribution in [1.29, 1.82) is 0 Å². The zero-order chi connectivity index (χ0) is 17.3. The second-order valence-electron chi connectivity index (χ2n) is 7.32. The first kappa shape index (κ1) is 17.0. The first-order chi connectivity index (χ1) is 11.4. The standard InChI is InChI=1S/C19H27N3O2/c1-12-3-4-14(9-13(12)2)16-10-17(16)19(24)21-15-5-7-22(8-6-15)11-18(20)23/h3-4,9,15-17H,5-8,10-11H2,1-2H3,(H2,20,23)(H,21,24)/t16-,17-/m0/s1. The third kappa shape index (κ3) is 3.96. The van der Waals surface area contributed by atoms with Crippen LogP contribution in [0, 0.1) is 19.8 Å². The second-order valence-corrected chi connectivity index (χ2v) is 7.32. The fraction of sp³-hybridized carbons (Fsp3) is 0.579. The maximum Gasteiger partial charge on any atom is 0.231 e. The van der Waals surface area contributed by atoms with Gasteiger partial charge in [0, 0.05) is 25.0 Å². The fourth-order valence-electron chi connectivity index (χ4n) is 3.61. The van der Waals surface area contributed by atoms with Crippen LogP contribution in [0.4, 0.5) is 0 Å². The van der Waals surface area contributed by atoms with E-state index in [1.165, 1.54) is 16.7 Å². The number of carbonyl (C=O) groups excluding carboxylic acids is 2. The van der Waals surface area contributed by atoms with E-state index < -0.39 is 0 Å². The molecule has 2 atom stereocenters. The van der Waals surface area contributed by atoms with Gasteiger partial charge in [0.15, 0.2) is 0 Å². The van der Waals surface area contributed by atoms with Crippen LogP contribution >= 0.6 is 0 Å². The van der Waals surface area contributed by atoms with Gasteiger partial charge in [-0.15, -0.1) is 0 Å². The van der Waals surface area contributed by atoms with E-state index in [9.17, 15) is 9.59 Å². The van der Waals surface area contributed by atoms with Crippen molar-refractivity contribution in [3.8, 4) is 0 Å². The van der Waals surface area contributed by atoms with E-state index in [-0.39, 0.29) is 23.8 Å². The normalized spacial score (nSPS) is 24.6. The molecular weight excluding hydrogens is 302 g/mol. The number of benzene rings is 1. The Hall–Kier alpha value is -1.88. The average Bonchev–Trinajstić information content (AvgIpc) is 3.32. The van der Waals surface area contributed by atoms with Gasteiger partial charge in [0.1, 0.15) is 0 Å². The van der Waals surface area contributed by atoms with Crippen molar-refractivity contribution in [2.75, 3.05) is 19.6 Å². The van der Waals surface area contributed by atoms with Gasteiger partial charge in [-0.2, -0.15) is 0 Å². The Labute approximate surface area is 143 Å². The van der Waals surface area contributed by atoms with Crippen molar-refractivity contribution in [3.05, 3.63) is 34.9 Å². The van der Waals surface area contributed by atoms with E-state index in [4.69, 9.17) is 5.73 Å². The van der Waals surface area contributed by atoms with Crippen LogP contribution in [0.5, 0.6) is 0 Å². The van der Waals surface area contributed by atoms with Gasteiger partial charge in [-0.05, 0) is 55.7 Å². The summed E-state index contributed by atoms with van der Waals surface area (Å²) in [4.78, 5) is 25.5. The lowest BCUT2D eigenvalue weighted by Gasteiger charge is -2.31. The highest BCUT2D eigenvalue weighted by molar-refractivity contribution is 5.83. The Kier molecular flexibility index (Phi) is 4.90. The van der Waals surface area contributed by atoms with E-state index in [0.717, 1.165) is 32.4 Å². The number of piperidine rings is 1. The average molecular weight is 329 g/mol. The number of hydrogen-bond donors (Lipinski definition) is 2. The molecule has 2 aliphatic rings. The summed E-state index contributed by atoms with van der Waals surface area (Å²) in [5, 5.41) is 3.20. The Morgan fingerprint density at radius 2 is 1.92 bits per heavy atom. The summed E-state index contributed by atoms with van der Waals surface area (Å²) in [5.41, 5.74) is 9.10. The van der Waals surface area contributed by atoms with Crippen LogP contribution in [0.15, 0.2) is 18.2 Å². The van der Waals surface area contributed by atoms with Crippen LogP contribution in [0.25, 0.3) is 0 Å². The molecule has 0 unspecified atom stereocenters. The monoisotopic (exact) mass is 329 g/mol. The van der Waals surface area contributed by atoms with Gasteiger partial charge in [-0.25, -0.2) is 0 Å². The molecule has 130 valence electrons. The summed E-state index contributed by atoms with van der Waals surface area (Å²) in [6.07, 6.45) is 2.73. The molecule has 3 rings (SSSR count). The molecule has 3 N–H and O–H groups in total. The minimum Gasteiger partial charge on any atom is -0.369 e. The van der Waals surface area contributed by atoms with Gasteiger partial charge in [-0.3, -0.25) is 14.5 Å². The minimum absolute atomic E-state index is 0.121. The molecule has 0 bridgehead atoms. The topological polar surface area (TPSA) is 75.4 Å². The number of nitrogens with one attached hydrogen (secondary N) is 1. The Bertz CT molecular complexity index is 635. The number of primary amides is 1. The van der Waals surface area contributed by atoms with E-state index in [1.807, 2.05) is 0 Å². The van der Waals surface area contributed by atoms with Crippen LogP contribution in [-0.2, 0) is 9.59 Å². The molecule has 1 heterocycles. The lowest BCUT2D eigenvalue weighted by molar-refractivity contribution is -0.124. The molecule has 1 aliphatic heterocycles. The first-order valence-electron chi connectivity index (χ1n) is 8.82. The maximum absolute atomic E-state index is 12.5. The van der Waals surface area contributed by atoms with Crippen LogP contribution in [-0.4, -0.2) is 42.4 Å². The molecule has 1 aromatic carbocycles. The Morgan fingerprint density at radius 3 is 2.54 bits per heavy atom. The van der Waals surface area contributed by atoms with E-state index in [2.05, 4.69) is 42.3 Å². The van der Waals surface area contributed by atoms with Crippen LogP contribution in [0.1, 0.15) is 41.9 Å². The lowest BCUT2D eigenvalue weighted by Crippen LogP contribution is -2.47. The molecule has 5 heteroatoms. The molecule has 0 spiro atoms. The summed E-state index contributed by atoms with van der Waals surface area (Å²) < 4.78 is 0. The highest BCUT2D eigenvalue weighted by atomic mass is 16.2. The van der Waals surface area contributed by atoms with E-state index >= 15 is 0 Å². The van der Waals surface area contributed by atoms with Crippen molar-refractivity contribution in [2.24, 2.45) is 11.7 Å². The van der Waals surface area contributed by atoms with Crippen LogP contribution < -0.4 is 11.1 Å². The molecule has 1 aromatic rings. The van der Waals surface area contributed by atoms with Crippen molar-refractivity contribution in [3.63, 3.8) is 0 Å². The highest BCUT2D eigenvalue weighted by Crippen LogP contribution is 2.48. The van der Waals surface area contributed by atoms with Crippen LogP contribution in [0.3, 0.4) is 0 Å². The number of hydrogen-bond acceptors (Lipinski definition) is 3. The van der Waals surface area contributed by atoms with Gasteiger partial charge < -0.3 is 11.1 Å². The lowest BCUT2D eigenvalue weighted by atomic mass is 10.0. The van der Waals surface area contributed by atoms with Gasteiger partial charge >= 0.3 is 0 Å². The SMILES string of the molecule is Cc1ccc([C@@H]2C[C@@H]2C(=O)NC2CCN(CC(N)=O)CC2)cc1C. The van der Waals surface area contributed by atoms with E-state index in [0.29, 0.717) is 12.5 Å². The second kappa shape index (κ2) is 6.93. The number of rotatable bonds is 5. The summed E-state index contributed by atoms with van der Waals surface area (Å²) in [5.74, 6) is 0.397. The Balaban J connectivity index is 1.47. The zero-order valence-corrected chi connectivity index (χ0v) is 14.5. The smallest absolute Gasteiger partial charge is 0.231 e.